The van der Waals surface area contributed by atoms with Gasteiger partial charge in [-0.05, 0) is 51.5 Å². The smallest absolute Gasteiger partial charge is 0.119 e. The Morgan fingerprint density at radius 2 is 1.88 bits per heavy atom. The molecule has 0 aliphatic carbocycles. The van der Waals surface area contributed by atoms with E-state index in [1.807, 2.05) is 45.0 Å². The van der Waals surface area contributed by atoms with E-state index in [0.717, 1.165) is 37.6 Å². The minimum absolute atomic E-state index is 0.222. The fraction of sp³-hybridized carbons (Fsp3) is 0.571. The molecule has 0 fully saturated rings. The first kappa shape index (κ1) is 13.8. The highest BCUT2D eigenvalue weighted by molar-refractivity contribution is 5.46. The lowest BCUT2D eigenvalue weighted by Crippen LogP contribution is -2.07. The van der Waals surface area contributed by atoms with Crippen LogP contribution in [-0.4, -0.2) is 25.9 Å². The van der Waals surface area contributed by atoms with Crippen molar-refractivity contribution in [1.29, 1.82) is 0 Å². The Kier molecular flexibility index (Phi) is 6.48. The SMILES string of the molecule is CCOCCCNc1ccc(OC(C)C)cc1. The van der Waals surface area contributed by atoms with Gasteiger partial charge in [0.2, 0.25) is 0 Å². The van der Waals surface area contributed by atoms with E-state index in [-0.39, 0.29) is 6.10 Å². The molecule has 0 spiro atoms. The lowest BCUT2D eigenvalue weighted by atomic mass is 10.3. The van der Waals surface area contributed by atoms with Crippen LogP contribution in [0.15, 0.2) is 24.3 Å². The van der Waals surface area contributed by atoms with Crippen LogP contribution in [-0.2, 0) is 4.74 Å². The molecule has 3 heteroatoms. The molecule has 0 amide bonds. The topological polar surface area (TPSA) is 30.5 Å². The molecule has 96 valence electrons. The van der Waals surface area contributed by atoms with Gasteiger partial charge in [-0.25, -0.2) is 0 Å². The first-order chi connectivity index (χ1) is 8.22. The van der Waals surface area contributed by atoms with E-state index in [1.165, 1.54) is 0 Å². The average molecular weight is 237 g/mol. The molecule has 0 unspecified atom stereocenters. The molecule has 17 heavy (non-hydrogen) atoms. The van der Waals surface area contributed by atoms with Crippen LogP contribution in [0, 0.1) is 0 Å². The lowest BCUT2D eigenvalue weighted by molar-refractivity contribution is 0.147. The molecule has 0 aliphatic heterocycles. The van der Waals surface area contributed by atoms with E-state index in [2.05, 4.69) is 5.32 Å². The number of rotatable bonds is 8. The van der Waals surface area contributed by atoms with E-state index in [4.69, 9.17) is 9.47 Å². The van der Waals surface area contributed by atoms with Gasteiger partial charge in [-0.1, -0.05) is 0 Å². The first-order valence-corrected chi connectivity index (χ1v) is 6.30. The summed E-state index contributed by atoms with van der Waals surface area (Å²) in [6.45, 7) is 8.62. The molecule has 0 heterocycles. The van der Waals surface area contributed by atoms with Crippen molar-refractivity contribution in [3.63, 3.8) is 0 Å². The van der Waals surface area contributed by atoms with Gasteiger partial charge in [0.05, 0.1) is 6.10 Å². The predicted molar refractivity (Wildman–Crippen MR) is 71.8 cm³/mol. The molecule has 1 aromatic rings. The van der Waals surface area contributed by atoms with E-state index in [9.17, 15) is 0 Å². The first-order valence-electron chi connectivity index (χ1n) is 6.30. The van der Waals surface area contributed by atoms with E-state index in [1.54, 1.807) is 0 Å². The fourth-order valence-electron chi connectivity index (χ4n) is 1.47. The predicted octanol–water partition coefficient (Wildman–Crippen LogP) is 3.31. The summed E-state index contributed by atoms with van der Waals surface area (Å²) in [5, 5.41) is 3.35. The number of benzene rings is 1. The van der Waals surface area contributed by atoms with Crippen molar-refractivity contribution in [2.24, 2.45) is 0 Å². The molecule has 0 radical (unpaired) electrons. The largest absolute Gasteiger partial charge is 0.491 e. The molecule has 0 bridgehead atoms. The van der Waals surface area contributed by atoms with Gasteiger partial charge in [0.25, 0.3) is 0 Å². The molecule has 0 aromatic heterocycles. The van der Waals surface area contributed by atoms with Crippen LogP contribution in [0.5, 0.6) is 5.75 Å². The van der Waals surface area contributed by atoms with Crippen molar-refractivity contribution in [1.82, 2.24) is 0 Å². The van der Waals surface area contributed by atoms with Gasteiger partial charge >= 0.3 is 0 Å². The molecule has 1 aromatic carbocycles. The van der Waals surface area contributed by atoms with E-state index in [0.29, 0.717) is 0 Å². The van der Waals surface area contributed by atoms with Crippen molar-refractivity contribution >= 4 is 5.69 Å². The number of ether oxygens (including phenoxy) is 2. The van der Waals surface area contributed by atoms with Crippen LogP contribution in [0.3, 0.4) is 0 Å². The standard InChI is InChI=1S/C14H23NO2/c1-4-16-11-5-10-15-13-6-8-14(9-7-13)17-12(2)3/h6-9,12,15H,4-5,10-11H2,1-3H3. The second-order valence-corrected chi connectivity index (χ2v) is 4.17. The molecule has 1 rings (SSSR count). The Labute approximate surface area is 104 Å². The van der Waals surface area contributed by atoms with Crippen molar-refractivity contribution < 1.29 is 9.47 Å². The van der Waals surface area contributed by atoms with Crippen molar-refractivity contribution in [2.45, 2.75) is 33.3 Å². The van der Waals surface area contributed by atoms with Crippen LogP contribution in [0.1, 0.15) is 27.2 Å². The number of hydrogen-bond donors (Lipinski definition) is 1. The van der Waals surface area contributed by atoms with Gasteiger partial charge in [-0.15, -0.1) is 0 Å². The summed E-state index contributed by atoms with van der Waals surface area (Å²) in [4.78, 5) is 0. The van der Waals surface area contributed by atoms with E-state index >= 15 is 0 Å². The molecule has 0 atom stereocenters. The Hall–Kier alpha value is -1.22. The van der Waals surface area contributed by atoms with Gasteiger partial charge in [0.15, 0.2) is 0 Å². The minimum Gasteiger partial charge on any atom is -0.491 e. The van der Waals surface area contributed by atoms with Gasteiger partial charge in [0.1, 0.15) is 5.75 Å². The van der Waals surface area contributed by atoms with E-state index < -0.39 is 0 Å². The third-order valence-corrected chi connectivity index (χ3v) is 2.22. The van der Waals surface area contributed by atoms with Gasteiger partial charge in [-0.2, -0.15) is 0 Å². The van der Waals surface area contributed by atoms with Gasteiger partial charge < -0.3 is 14.8 Å². The molecular weight excluding hydrogens is 214 g/mol. The highest BCUT2D eigenvalue weighted by Gasteiger charge is 1.97. The Bertz CT molecular complexity index is 296. The van der Waals surface area contributed by atoms with Gasteiger partial charge in [0, 0.05) is 25.4 Å². The Balaban J connectivity index is 2.25. The monoisotopic (exact) mass is 237 g/mol. The lowest BCUT2D eigenvalue weighted by Gasteiger charge is -2.11. The molecule has 0 aliphatic rings. The normalized spacial score (nSPS) is 10.6. The summed E-state index contributed by atoms with van der Waals surface area (Å²) in [7, 11) is 0. The molecule has 0 saturated carbocycles. The summed E-state index contributed by atoms with van der Waals surface area (Å²) in [5.74, 6) is 0.917. The second-order valence-electron chi connectivity index (χ2n) is 4.17. The molecule has 3 nitrogen and oxygen atoms in total. The number of anilines is 1. The van der Waals surface area contributed by atoms with Crippen molar-refractivity contribution in [3.8, 4) is 5.75 Å². The Morgan fingerprint density at radius 1 is 1.18 bits per heavy atom. The summed E-state index contributed by atoms with van der Waals surface area (Å²) in [6.07, 6.45) is 1.25. The highest BCUT2D eigenvalue weighted by atomic mass is 16.5. The maximum Gasteiger partial charge on any atom is 0.119 e. The summed E-state index contributed by atoms with van der Waals surface area (Å²) < 4.78 is 10.9. The quantitative estimate of drug-likeness (QED) is 0.704. The molecule has 1 N–H and O–H groups in total. The zero-order valence-corrected chi connectivity index (χ0v) is 11.0. The van der Waals surface area contributed by atoms with Crippen LogP contribution >= 0.6 is 0 Å². The van der Waals surface area contributed by atoms with Crippen LogP contribution in [0.2, 0.25) is 0 Å². The third kappa shape index (κ3) is 6.17. The zero-order chi connectivity index (χ0) is 12.5. The summed E-state index contributed by atoms with van der Waals surface area (Å²) in [5.41, 5.74) is 1.12. The maximum absolute atomic E-state index is 5.58. The number of nitrogens with one attached hydrogen (secondary N) is 1. The summed E-state index contributed by atoms with van der Waals surface area (Å²) >= 11 is 0. The van der Waals surface area contributed by atoms with Gasteiger partial charge in [-0.3, -0.25) is 0 Å². The zero-order valence-electron chi connectivity index (χ0n) is 11.0. The fourth-order valence-corrected chi connectivity index (χ4v) is 1.47. The average Bonchev–Trinajstić information content (AvgIpc) is 2.30. The highest BCUT2D eigenvalue weighted by Crippen LogP contribution is 2.16. The molecule has 0 saturated heterocycles. The Morgan fingerprint density at radius 3 is 2.47 bits per heavy atom. The van der Waals surface area contributed by atoms with Crippen LogP contribution < -0.4 is 10.1 Å². The van der Waals surface area contributed by atoms with Crippen LogP contribution in [0.25, 0.3) is 0 Å². The number of hydrogen-bond acceptors (Lipinski definition) is 3. The maximum atomic E-state index is 5.58. The van der Waals surface area contributed by atoms with Crippen LogP contribution in [0.4, 0.5) is 5.69 Å². The third-order valence-electron chi connectivity index (χ3n) is 2.22. The molecular formula is C14H23NO2. The second kappa shape index (κ2) is 7.96. The van der Waals surface area contributed by atoms with Crippen molar-refractivity contribution in [3.05, 3.63) is 24.3 Å². The van der Waals surface area contributed by atoms with Crippen molar-refractivity contribution in [2.75, 3.05) is 25.1 Å². The summed E-state index contributed by atoms with van der Waals surface area (Å²) in [6, 6.07) is 8.06. The minimum atomic E-state index is 0.222.